The summed E-state index contributed by atoms with van der Waals surface area (Å²) in [6.45, 7) is 19.3. The molecule has 1 saturated heterocycles. The van der Waals surface area contributed by atoms with Gasteiger partial charge in [0.2, 0.25) is 0 Å². The summed E-state index contributed by atoms with van der Waals surface area (Å²) in [6.07, 6.45) is 0.359. The number of carbonyl (C=O) groups is 1. The fraction of sp³-hybridized carbons (Fsp3) is 0.696. The van der Waals surface area contributed by atoms with Crippen molar-refractivity contribution < 1.29 is 23.6 Å². The van der Waals surface area contributed by atoms with E-state index < -0.39 is 0 Å². The predicted octanol–water partition coefficient (Wildman–Crippen LogP) is 4.37. The van der Waals surface area contributed by atoms with Gasteiger partial charge in [-0.1, -0.05) is 39.8 Å². The zero-order chi connectivity index (χ0) is 22.1. The molecular formula is C23H37BO5. The number of carbonyl (C=O) groups excluding carboxylic acids is 1. The third-order valence-corrected chi connectivity index (χ3v) is 6.73. The van der Waals surface area contributed by atoms with Crippen LogP contribution in [0.25, 0.3) is 0 Å². The molecule has 0 unspecified atom stereocenters. The van der Waals surface area contributed by atoms with Gasteiger partial charge in [0.25, 0.3) is 0 Å². The average Bonchev–Trinajstić information content (AvgIpc) is 2.81. The summed E-state index contributed by atoms with van der Waals surface area (Å²) in [5.74, 6) is 0.614. The molecule has 1 aliphatic heterocycles. The van der Waals surface area contributed by atoms with Crippen LogP contribution in [0.1, 0.15) is 68.7 Å². The molecule has 1 fully saturated rings. The first-order valence-corrected chi connectivity index (χ1v) is 10.4. The lowest BCUT2D eigenvalue weighted by Gasteiger charge is -2.40. The molecule has 5 nitrogen and oxygen atoms in total. The molecule has 1 aromatic carbocycles. The van der Waals surface area contributed by atoms with Crippen molar-refractivity contribution in [1.29, 1.82) is 0 Å². The maximum Gasteiger partial charge on any atom is 0.494 e. The number of esters is 1. The molecule has 0 saturated carbocycles. The van der Waals surface area contributed by atoms with Gasteiger partial charge in [0.05, 0.1) is 30.8 Å². The average molecular weight is 404 g/mol. The summed E-state index contributed by atoms with van der Waals surface area (Å²) in [7, 11) is -0.381. The Morgan fingerprint density at radius 2 is 1.48 bits per heavy atom. The molecule has 0 amide bonds. The van der Waals surface area contributed by atoms with Crippen molar-refractivity contribution in [2.75, 3.05) is 13.2 Å². The van der Waals surface area contributed by atoms with Gasteiger partial charge in [0, 0.05) is 5.41 Å². The molecule has 1 aromatic rings. The maximum atomic E-state index is 11.9. The topological polar surface area (TPSA) is 54.0 Å². The summed E-state index contributed by atoms with van der Waals surface area (Å²) in [5.41, 5.74) is -0.229. The van der Waals surface area contributed by atoms with Crippen LogP contribution in [0.5, 0.6) is 5.75 Å². The van der Waals surface area contributed by atoms with Crippen LogP contribution in [0.2, 0.25) is 0 Å². The third-order valence-electron chi connectivity index (χ3n) is 6.73. The van der Waals surface area contributed by atoms with E-state index in [1.54, 1.807) is 0 Å². The van der Waals surface area contributed by atoms with Crippen molar-refractivity contribution in [3.05, 3.63) is 24.3 Å². The highest BCUT2D eigenvalue weighted by molar-refractivity contribution is 6.62. The van der Waals surface area contributed by atoms with Gasteiger partial charge >= 0.3 is 13.1 Å². The number of rotatable bonds is 8. The Kier molecular flexibility index (Phi) is 6.80. The van der Waals surface area contributed by atoms with Crippen LogP contribution in [0, 0.1) is 10.8 Å². The lowest BCUT2D eigenvalue weighted by atomic mass is 9.66. The van der Waals surface area contributed by atoms with Crippen LogP contribution in [-0.4, -0.2) is 37.5 Å². The monoisotopic (exact) mass is 404 g/mol. The molecule has 1 aliphatic rings. The molecule has 0 N–H and O–H groups in total. The van der Waals surface area contributed by atoms with E-state index >= 15 is 0 Å². The lowest BCUT2D eigenvalue weighted by molar-refractivity contribution is -0.147. The number of hydrogen-bond donors (Lipinski definition) is 0. The first kappa shape index (κ1) is 23.8. The van der Waals surface area contributed by atoms with E-state index in [9.17, 15) is 4.79 Å². The van der Waals surface area contributed by atoms with Crippen LogP contribution >= 0.6 is 0 Å². The molecule has 0 aromatic heterocycles. The van der Waals surface area contributed by atoms with Crippen LogP contribution in [0.15, 0.2) is 24.3 Å². The fourth-order valence-electron chi connectivity index (χ4n) is 2.97. The smallest absolute Gasteiger partial charge is 0.493 e. The van der Waals surface area contributed by atoms with Crippen molar-refractivity contribution >= 4 is 18.6 Å². The molecule has 6 heteroatoms. The van der Waals surface area contributed by atoms with Gasteiger partial charge in [-0.3, -0.25) is 4.79 Å². The highest BCUT2D eigenvalue weighted by Crippen LogP contribution is 2.42. The van der Waals surface area contributed by atoms with Gasteiger partial charge in [-0.05, 0) is 57.6 Å². The zero-order valence-electron chi connectivity index (χ0n) is 19.5. The van der Waals surface area contributed by atoms with Gasteiger partial charge in [-0.25, -0.2) is 0 Å². The largest absolute Gasteiger partial charge is 0.494 e. The van der Waals surface area contributed by atoms with Crippen molar-refractivity contribution in [2.45, 2.75) is 79.9 Å². The van der Waals surface area contributed by atoms with Crippen LogP contribution < -0.4 is 10.2 Å². The van der Waals surface area contributed by atoms with Crippen LogP contribution in [0.3, 0.4) is 0 Å². The van der Waals surface area contributed by atoms with Crippen molar-refractivity contribution in [2.24, 2.45) is 10.8 Å². The van der Waals surface area contributed by atoms with Gasteiger partial charge in [-0.2, -0.15) is 0 Å². The van der Waals surface area contributed by atoms with Crippen molar-refractivity contribution in [1.82, 2.24) is 0 Å². The van der Waals surface area contributed by atoms with E-state index in [4.69, 9.17) is 18.8 Å². The van der Waals surface area contributed by atoms with Crippen molar-refractivity contribution in [3.8, 4) is 5.75 Å². The molecule has 1 heterocycles. The molecule has 0 aliphatic carbocycles. The van der Waals surface area contributed by atoms with E-state index in [2.05, 4.69) is 27.7 Å². The summed E-state index contributed by atoms with van der Waals surface area (Å²) < 4.78 is 23.4. The van der Waals surface area contributed by atoms with Crippen LogP contribution in [0.4, 0.5) is 0 Å². The summed E-state index contributed by atoms with van der Waals surface area (Å²) in [6, 6.07) is 7.84. The minimum atomic E-state index is -0.381. The van der Waals surface area contributed by atoms with E-state index in [0.717, 1.165) is 11.2 Å². The second-order valence-electron chi connectivity index (χ2n) is 10.2. The lowest BCUT2D eigenvalue weighted by Crippen LogP contribution is -2.41. The summed E-state index contributed by atoms with van der Waals surface area (Å²) in [5, 5.41) is 0. The molecule has 0 bridgehead atoms. The molecule has 29 heavy (non-hydrogen) atoms. The van der Waals surface area contributed by atoms with Gasteiger partial charge in [0.15, 0.2) is 0 Å². The highest BCUT2D eigenvalue weighted by Gasteiger charge is 2.51. The maximum absolute atomic E-state index is 11.9. The standard InChI is InChI=1S/C23H37BO5/c1-10-26-19(25)15-20(2,3)21(4,5)16-27-18-13-11-17(12-14-18)24-28-22(6,7)23(8,9)29-24/h11-14H,10,15-16H2,1-9H3. The minimum Gasteiger partial charge on any atom is -0.493 e. The number of benzene rings is 1. The zero-order valence-corrected chi connectivity index (χ0v) is 19.5. The molecule has 162 valence electrons. The second kappa shape index (κ2) is 8.31. The number of ether oxygens (including phenoxy) is 2. The van der Waals surface area contributed by atoms with Gasteiger partial charge < -0.3 is 18.8 Å². The van der Waals surface area contributed by atoms with E-state index in [-0.39, 0.29) is 35.1 Å². The quantitative estimate of drug-likeness (QED) is 0.476. The Labute approximate surface area is 176 Å². The van der Waals surface area contributed by atoms with E-state index in [1.807, 2.05) is 58.9 Å². The Morgan fingerprint density at radius 1 is 0.966 bits per heavy atom. The van der Waals surface area contributed by atoms with Crippen molar-refractivity contribution in [3.63, 3.8) is 0 Å². The Hall–Kier alpha value is -1.53. The molecule has 2 rings (SSSR count). The van der Waals surface area contributed by atoms with E-state index in [0.29, 0.717) is 19.6 Å². The van der Waals surface area contributed by atoms with Gasteiger partial charge in [0.1, 0.15) is 5.75 Å². The SMILES string of the molecule is CCOC(=O)CC(C)(C)C(C)(C)COc1ccc(B2OC(C)(C)C(C)(C)O2)cc1. The minimum absolute atomic E-state index is 0.169. The fourth-order valence-corrected chi connectivity index (χ4v) is 2.97. The second-order valence-corrected chi connectivity index (χ2v) is 10.2. The van der Waals surface area contributed by atoms with E-state index in [1.165, 1.54) is 0 Å². The summed E-state index contributed by atoms with van der Waals surface area (Å²) in [4.78, 5) is 11.9. The van der Waals surface area contributed by atoms with Crippen LogP contribution in [-0.2, 0) is 18.8 Å². The third kappa shape index (κ3) is 5.34. The molecule has 0 radical (unpaired) electrons. The number of hydrogen-bond acceptors (Lipinski definition) is 5. The Bertz CT molecular complexity index is 690. The molecule has 0 atom stereocenters. The first-order valence-electron chi connectivity index (χ1n) is 10.4. The predicted molar refractivity (Wildman–Crippen MR) is 116 cm³/mol. The normalized spacial score (nSPS) is 18.6. The highest BCUT2D eigenvalue weighted by atomic mass is 16.7. The first-order chi connectivity index (χ1) is 13.2. The Balaban J connectivity index is 1.99. The Morgan fingerprint density at radius 3 is 1.97 bits per heavy atom. The summed E-state index contributed by atoms with van der Waals surface area (Å²) >= 11 is 0. The molecular weight excluding hydrogens is 367 g/mol. The molecule has 0 spiro atoms. The van der Waals surface area contributed by atoms with Gasteiger partial charge in [-0.15, -0.1) is 0 Å².